The van der Waals surface area contributed by atoms with Gasteiger partial charge in [0.15, 0.2) is 0 Å². The molecule has 0 aliphatic heterocycles. The van der Waals surface area contributed by atoms with Gasteiger partial charge in [-0.3, -0.25) is 9.59 Å². The predicted octanol–water partition coefficient (Wildman–Crippen LogP) is 2.54. The van der Waals surface area contributed by atoms with Crippen molar-refractivity contribution in [3.8, 4) is 0 Å². The highest BCUT2D eigenvalue weighted by molar-refractivity contribution is 5.86. The van der Waals surface area contributed by atoms with Gasteiger partial charge in [-0.05, 0) is 56.8 Å². The molecule has 0 aromatic heterocycles. The lowest BCUT2D eigenvalue weighted by atomic mass is 9.75. The van der Waals surface area contributed by atoms with Crippen LogP contribution in [-0.2, 0) is 9.59 Å². The van der Waals surface area contributed by atoms with E-state index in [-0.39, 0.29) is 17.9 Å². The molecule has 0 radical (unpaired) electrons. The highest BCUT2D eigenvalue weighted by atomic mass is 16.4. The van der Waals surface area contributed by atoms with Crippen molar-refractivity contribution in [3.05, 3.63) is 0 Å². The monoisotopic (exact) mass is 312 g/mol. The Labute approximate surface area is 134 Å². The molecule has 1 aliphatic rings. The lowest BCUT2D eigenvalue weighted by Gasteiger charge is -2.34. The number of carbonyl (C=O) groups is 2. The zero-order valence-corrected chi connectivity index (χ0v) is 14.6. The van der Waals surface area contributed by atoms with Gasteiger partial charge >= 0.3 is 5.97 Å². The van der Waals surface area contributed by atoms with E-state index in [1.54, 1.807) is 0 Å². The van der Waals surface area contributed by atoms with Crippen molar-refractivity contribution in [2.24, 2.45) is 23.0 Å². The van der Waals surface area contributed by atoms with Crippen LogP contribution in [0.4, 0.5) is 0 Å². The van der Waals surface area contributed by atoms with Gasteiger partial charge in [0.25, 0.3) is 0 Å². The van der Waals surface area contributed by atoms with Crippen LogP contribution in [0.2, 0.25) is 0 Å². The molecule has 0 aromatic rings. The lowest BCUT2D eigenvalue weighted by molar-refractivity contribution is -0.139. The Hall–Kier alpha value is -1.10. The molecule has 0 spiro atoms. The molecule has 0 aromatic carbocycles. The summed E-state index contributed by atoms with van der Waals surface area (Å²) in [5.41, 5.74) is 5.61. The number of hydrogen-bond acceptors (Lipinski definition) is 3. The van der Waals surface area contributed by atoms with Gasteiger partial charge < -0.3 is 16.2 Å². The fraction of sp³-hybridized carbons (Fsp3) is 0.882. The standard InChI is InChI=1S/C17H32N2O3/c1-11-6-8-16(2,3)12(11)7-9-17(4,5)19-15(22)13(18)10-14(20)21/h11-13H,6-10,18H2,1-5H3,(H,19,22)(H,20,21)/t11?,12?,13-/m0/s1. The summed E-state index contributed by atoms with van der Waals surface area (Å²) >= 11 is 0. The second kappa shape index (κ2) is 6.99. The van der Waals surface area contributed by atoms with Crippen LogP contribution in [0.1, 0.15) is 66.7 Å². The Kier molecular flexibility index (Phi) is 6.02. The summed E-state index contributed by atoms with van der Waals surface area (Å²) < 4.78 is 0. The maximum Gasteiger partial charge on any atom is 0.305 e. The maximum absolute atomic E-state index is 12.0. The Bertz CT molecular complexity index is 418. The number of rotatable bonds is 7. The minimum atomic E-state index is -1.05. The van der Waals surface area contributed by atoms with Crippen LogP contribution in [0.5, 0.6) is 0 Å². The first-order valence-electron chi connectivity index (χ1n) is 8.24. The number of nitrogens with one attached hydrogen (secondary N) is 1. The number of carboxylic acids is 1. The zero-order chi connectivity index (χ0) is 17.1. The van der Waals surface area contributed by atoms with E-state index in [1.165, 1.54) is 12.8 Å². The van der Waals surface area contributed by atoms with E-state index < -0.39 is 12.0 Å². The molecule has 3 atom stereocenters. The van der Waals surface area contributed by atoms with E-state index in [1.807, 2.05) is 13.8 Å². The number of hydrogen-bond donors (Lipinski definition) is 3. The minimum absolute atomic E-state index is 0.339. The molecule has 5 heteroatoms. The molecule has 22 heavy (non-hydrogen) atoms. The summed E-state index contributed by atoms with van der Waals surface area (Å²) in [6.45, 7) is 10.9. The summed E-state index contributed by atoms with van der Waals surface area (Å²) in [7, 11) is 0. The number of amides is 1. The highest BCUT2D eigenvalue weighted by Gasteiger charge is 2.40. The molecule has 0 saturated heterocycles. The summed E-state index contributed by atoms with van der Waals surface area (Å²) in [5, 5.41) is 11.6. The molecular weight excluding hydrogens is 280 g/mol. The van der Waals surface area contributed by atoms with Crippen molar-refractivity contribution in [1.82, 2.24) is 5.32 Å². The van der Waals surface area contributed by atoms with E-state index in [2.05, 4.69) is 26.1 Å². The van der Waals surface area contributed by atoms with Crippen molar-refractivity contribution >= 4 is 11.9 Å². The van der Waals surface area contributed by atoms with Gasteiger partial charge in [0, 0.05) is 5.54 Å². The maximum atomic E-state index is 12.0. The van der Waals surface area contributed by atoms with Crippen LogP contribution in [0.15, 0.2) is 0 Å². The molecule has 1 aliphatic carbocycles. The Morgan fingerprint density at radius 1 is 1.41 bits per heavy atom. The number of carboxylic acid groups (broad SMARTS) is 1. The first kappa shape index (κ1) is 18.9. The second-order valence-electron chi connectivity index (χ2n) is 8.23. The van der Waals surface area contributed by atoms with E-state index >= 15 is 0 Å². The first-order chi connectivity index (χ1) is 9.94. The van der Waals surface area contributed by atoms with E-state index in [0.29, 0.717) is 11.3 Å². The minimum Gasteiger partial charge on any atom is -0.481 e. The summed E-state index contributed by atoms with van der Waals surface area (Å²) in [5.74, 6) is -0.0553. The van der Waals surface area contributed by atoms with Gasteiger partial charge in [0.1, 0.15) is 0 Å². The third-order valence-corrected chi connectivity index (χ3v) is 5.21. The van der Waals surface area contributed by atoms with Gasteiger partial charge in [-0.15, -0.1) is 0 Å². The first-order valence-corrected chi connectivity index (χ1v) is 8.24. The molecule has 0 bridgehead atoms. The Balaban J connectivity index is 2.53. The zero-order valence-electron chi connectivity index (χ0n) is 14.6. The normalized spacial score (nSPS) is 25.7. The SMILES string of the molecule is CC1CCC(C)(C)C1CCC(C)(C)NC(=O)[C@@H](N)CC(=O)O. The lowest BCUT2D eigenvalue weighted by Crippen LogP contribution is -2.51. The fourth-order valence-electron chi connectivity index (χ4n) is 3.72. The molecular formula is C17H32N2O3. The van der Waals surface area contributed by atoms with E-state index in [9.17, 15) is 9.59 Å². The topological polar surface area (TPSA) is 92.4 Å². The van der Waals surface area contributed by atoms with Gasteiger partial charge in [-0.25, -0.2) is 0 Å². The third-order valence-electron chi connectivity index (χ3n) is 5.21. The largest absolute Gasteiger partial charge is 0.481 e. The van der Waals surface area contributed by atoms with Gasteiger partial charge in [-0.1, -0.05) is 20.8 Å². The summed E-state index contributed by atoms with van der Waals surface area (Å²) in [6.07, 6.45) is 4.13. The fourth-order valence-corrected chi connectivity index (χ4v) is 3.72. The number of aliphatic carboxylic acids is 1. The van der Waals surface area contributed by atoms with Crippen LogP contribution >= 0.6 is 0 Å². The molecule has 1 saturated carbocycles. The molecule has 1 rings (SSSR count). The number of carbonyl (C=O) groups excluding carboxylic acids is 1. The van der Waals surface area contributed by atoms with Crippen molar-refractivity contribution < 1.29 is 14.7 Å². The second-order valence-corrected chi connectivity index (χ2v) is 8.23. The van der Waals surface area contributed by atoms with Crippen LogP contribution in [-0.4, -0.2) is 28.6 Å². The van der Waals surface area contributed by atoms with Gasteiger partial charge in [0.05, 0.1) is 12.5 Å². The molecule has 2 unspecified atom stereocenters. The van der Waals surface area contributed by atoms with E-state index in [0.717, 1.165) is 18.8 Å². The Morgan fingerprint density at radius 3 is 2.45 bits per heavy atom. The van der Waals surface area contributed by atoms with Crippen molar-refractivity contribution in [2.75, 3.05) is 0 Å². The predicted molar refractivity (Wildman–Crippen MR) is 87.4 cm³/mol. The highest BCUT2D eigenvalue weighted by Crippen LogP contribution is 2.48. The van der Waals surface area contributed by atoms with Crippen molar-refractivity contribution in [2.45, 2.75) is 78.3 Å². The smallest absolute Gasteiger partial charge is 0.305 e. The van der Waals surface area contributed by atoms with Crippen LogP contribution in [0, 0.1) is 17.3 Å². The molecule has 1 amide bonds. The summed E-state index contributed by atoms with van der Waals surface area (Å²) in [6, 6.07) is -0.987. The third kappa shape index (κ3) is 5.27. The number of nitrogens with two attached hydrogens (primary N) is 1. The van der Waals surface area contributed by atoms with Gasteiger partial charge in [-0.2, -0.15) is 0 Å². The van der Waals surface area contributed by atoms with Crippen molar-refractivity contribution in [3.63, 3.8) is 0 Å². The Morgan fingerprint density at radius 2 is 2.00 bits per heavy atom. The van der Waals surface area contributed by atoms with Crippen LogP contribution in [0.25, 0.3) is 0 Å². The summed E-state index contributed by atoms with van der Waals surface area (Å²) in [4.78, 5) is 22.6. The molecule has 4 N–H and O–H groups in total. The molecule has 128 valence electrons. The van der Waals surface area contributed by atoms with E-state index in [4.69, 9.17) is 10.8 Å². The van der Waals surface area contributed by atoms with Crippen LogP contribution in [0.3, 0.4) is 0 Å². The van der Waals surface area contributed by atoms with Crippen molar-refractivity contribution in [1.29, 1.82) is 0 Å². The molecule has 0 heterocycles. The molecule has 5 nitrogen and oxygen atoms in total. The average molecular weight is 312 g/mol. The average Bonchev–Trinajstić information content (AvgIpc) is 2.59. The van der Waals surface area contributed by atoms with Crippen LogP contribution < -0.4 is 11.1 Å². The molecule has 1 fully saturated rings. The van der Waals surface area contributed by atoms with Gasteiger partial charge in [0.2, 0.25) is 5.91 Å². The quantitative estimate of drug-likeness (QED) is 0.673.